The maximum Gasteiger partial charge on any atom is 0.319 e. The first-order chi connectivity index (χ1) is 12.0. The van der Waals surface area contributed by atoms with E-state index >= 15 is 0 Å². The van der Waals surface area contributed by atoms with Crippen LogP contribution in [0.3, 0.4) is 0 Å². The van der Waals surface area contributed by atoms with Crippen molar-refractivity contribution in [2.24, 2.45) is 0 Å². The lowest BCUT2D eigenvalue weighted by Gasteiger charge is -2.12. The van der Waals surface area contributed by atoms with Crippen molar-refractivity contribution in [1.82, 2.24) is 15.5 Å². The number of nitrogens with zero attached hydrogens (tertiary/aromatic N) is 2. The molecule has 0 spiro atoms. The third-order valence-corrected chi connectivity index (χ3v) is 4.73. The summed E-state index contributed by atoms with van der Waals surface area (Å²) in [5.41, 5.74) is 1.46. The van der Waals surface area contributed by atoms with Crippen molar-refractivity contribution >= 4 is 23.1 Å². The molecule has 1 atom stereocenters. The fraction of sp³-hybridized carbons (Fsp3) is 0.278. The first kappa shape index (κ1) is 17.2. The number of hydrogen-bond acceptors (Lipinski definition) is 5. The summed E-state index contributed by atoms with van der Waals surface area (Å²) in [5.74, 6) is 0.994. The summed E-state index contributed by atoms with van der Waals surface area (Å²) in [4.78, 5) is 18.5. The van der Waals surface area contributed by atoms with Gasteiger partial charge in [0, 0.05) is 22.2 Å². The van der Waals surface area contributed by atoms with Crippen molar-refractivity contribution in [3.8, 4) is 22.2 Å². The molecule has 2 N–H and O–H groups in total. The second kappa shape index (κ2) is 7.48. The van der Waals surface area contributed by atoms with E-state index in [4.69, 9.17) is 4.52 Å². The summed E-state index contributed by atoms with van der Waals surface area (Å²) in [6, 6.07) is 11.3. The van der Waals surface area contributed by atoms with Crippen LogP contribution in [0.2, 0.25) is 0 Å². The number of hydrogen-bond donors (Lipinski definition) is 2. The lowest BCUT2D eigenvalue weighted by molar-refractivity contribution is 0.249. The Morgan fingerprint density at radius 3 is 2.88 bits per heavy atom. The van der Waals surface area contributed by atoms with Crippen LogP contribution in [0.25, 0.3) is 22.2 Å². The van der Waals surface area contributed by atoms with Crippen LogP contribution in [0.1, 0.15) is 25.1 Å². The van der Waals surface area contributed by atoms with E-state index in [1.54, 1.807) is 11.3 Å². The molecule has 1 unspecified atom stereocenters. The lowest BCUT2D eigenvalue weighted by Crippen LogP contribution is -2.35. The van der Waals surface area contributed by atoms with Gasteiger partial charge in [-0.3, -0.25) is 0 Å². The van der Waals surface area contributed by atoms with Crippen LogP contribution >= 0.6 is 11.3 Å². The molecule has 2 amide bonds. The number of aryl methyl sites for hydroxylation is 1. The Morgan fingerprint density at radius 1 is 1.32 bits per heavy atom. The Kier molecular flexibility index (Phi) is 5.14. The van der Waals surface area contributed by atoms with Crippen molar-refractivity contribution < 1.29 is 9.32 Å². The van der Waals surface area contributed by atoms with Crippen molar-refractivity contribution in [3.05, 3.63) is 41.3 Å². The second-order valence-corrected chi connectivity index (χ2v) is 7.11. The molecular formula is C18H20N4O2S. The minimum Gasteiger partial charge on any atom is -0.335 e. The summed E-state index contributed by atoms with van der Waals surface area (Å²) in [6.45, 7) is 6.02. The van der Waals surface area contributed by atoms with E-state index in [1.807, 2.05) is 57.2 Å². The average molecular weight is 356 g/mol. The highest BCUT2D eigenvalue weighted by atomic mass is 32.1. The SMILES string of the molecule is CCC(C)NC(=O)Nc1cccc(-c2noc(-c3ccc(C)s3)n2)c1. The van der Waals surface area contributed by atoms with Crippen LogP contribution in [0.5, 0.6) is 0 Å². The van der Waals surface area contributed by atoms with Crippen LogP contribution in [0.4, 0.5) is 10.5 Å². The Hall–Kier alpha value is -2.67. The first-order valence-electron chi connectivity index (χ1n) is 8.13. The number of amides is 2. The molecule has 0 saturated carbocycles. The minimum atomic E-state index is -0.227. The minimum absolute atomic E-state index is 0.122. The van der Waals surface area contributed by atoms with Gasteiger partial charge in [0.05, 0.1) is 4.88 Å². The van der Waals surface area contributed by atoms with Gasteiger partial charge in [0.2, 0.25) is 5.82 Å². The predicted molar refractivity (Wildman–Crippen MR) is 99.7 cm³/mol. The number of nitrogens with one attached hydrogen (secondary N) is 2. The van der Waals surface area contributed by atoms with Gasteiger partial charge in [0.25, 0.3) is 5.89 Å². The van der Waals surface area contributed by atoms with Gasteiger partial charge in [-0.2, -0.15) is 4.98 Å². The largest absolute Gasteiger partial charge is 0.335 e. The van der Waals surface area contributed by atoms with Gasteiger partial charge in [-0.15, -0.1) is 11.3 Å². The Morgan fingerprint density at radius 2 is 2.16 bits per heavy atom. The highest BCUT2D eigenvalue weighted by molar-refractivity contribution is 7.15. The molecule has 0 aliphatic heterocycles. The monoisotopic (exact) mass is 356 g/mol. The van der Waals surface area contributed by atoms with E-state index in [0.29, 0.717) is 17.4 Å². The fourth-order valence-electron chi connectivity index (χ4n) is 2.22. The molecular weight excluding hydrogens is 336 g/mol. The topological polar surface area (TPSA) is 80.0 Å². The number of thiophene rings is 1. The summed E-state index contributed by atoms with van der Waals surface area (Å²) in [5, 5.41) is 9.74. The van der Waals surface area contributed by atoms with E-state index in [1.165, 1.54) is 4.88 Å². The molecule has 3 rings (SSSR count). The number of rotatable bonds is 5. The van der Waals surface area contributed by atoms with E-state index in [0.717, 1.165) is 16.9 Å². The van der Waals surface area contributed by atoms with Crippen molar-refractivity contribution in [3.63, 3.8) is 0 Å². The molecule has 0 aliphatic rings. The van der Waals surface area contributed by atoms with Crippen LogP contribution in [0.15, 0.2) is 40.9 Å². The molecule has 0 radical (unpaired) electrons. The van der Waals surface area contributed by atoms with Gasteiger partial charge in [0.15, 0.2) is 0 Å². The van der Waals surface area contributed by atoms with Crippen LogP contribution in [-0.4, -0.2) is 22.2 Å². The smallest absolute Gasteiger partial charge is 0.319 e. The summed E-state index contributed by atoms with van der Waals surface area (Å²) >= 11 is 1.61. The van der Waals surface area contributed by atoms with E-state index in [2.05, 4.69) is 20.8 Å². The van der Waals surface area contributed by atoms with Gasteiger partial charge >= 0.3 is 6.03 Å². The number of carbonyl (C=O) groups is 1. The number of anilines is 1. The Balaban J connectivity index is 1.75. The second-order valence-electron chi connectivity index (χ2n) is 5.82. The van der Waals surface area contributed by atoms with Gasteiger partial charge in [-0.05, 0) is 44.5 Å². The lowest BCUT2D eigenvalue weighted by atomic mass is 10.2. The van der Waals surface area contributed by atoms with Crippen LogP contribution in [-0.2, 0) is 0 Å². The third kappa shape index (κ3) is 4.24. The van der Waals surface area contributed by atoms with Gasteiger partial charge in [0.1, 0.15) is 0 Å². The highest BCUT2D eigenvalue weighted by Crippen LogP contribution is 2.28. The molecule has 6 nitrogen and oxygen atoms in total. The third-order valence-electron chi connectivity index (χ3n) is 3.75. The molecule has 0 fully saturated rings. The zero-order valence-corrected chi connectivity index (χ0v) is 15.2. The number of urea groups is 1. The number of aromatic nitrogens is 2. The van der Waals surface area contributed by atoms with E-state index in [9.17, 15) is 4.79 Å². The van der Waals surface area contributed by atoms with E-state index < -0.39 is 0 Å². The van der Waals surface area contributed by atoms with Crippen LogP contribution < -0.4 is 10.6 Å². The molecule has 2 heterocycles. The van der Waals surface area contributed by atoms with Crippen molar-refractivity contribution in [2.75, 3.05) is 5.32 Å². The summed E-state index contributed by atoms with van der Waals surface area (Å²) in [6.07, 6.45) is 0.876. The fourth-order valence-corrected chi connectivity index (χ4v) is 3.01. The molecule has 0 aliphatic carbocycles. The molecule has 0 bridgehead atoms. The highest BCUT2D eigenvalue weighted by Gasteiger charge is 2.13. The normalized spacial score (nSPS) is 12.0. The zero-order chi connectivity index (χ0) is 17.8. The maximum atomic E-state index is 12.0. The van der Waals surface area contributed by atoms with Gasteiger partial charge < -0.3 is 15.2 Å². The number of carbonyl (C=O) groups excluding carboxylic acids is 1. The van der Waals surface area contributed by atoms with E-state index in [-0.39, 0.29) is 12.1 Å². The van der Waals surface area contributed by atoms with Gasteiger partial charge in [-0.25, -0.2) is 4.79 Å². The summed E-state index contributed by atoms with van der Waals surface area (Å²) in [7, 11) is 0. The standard InChI is InChI=1S/C18H20N4O2S/c1-4-11(2)19-18(23)20-14-7-5-6-13(10-14)16-21-17(24-22-16)15-9-8-12(3)25-15/h5-11H,4H2,1-3H3,(H2,19,20,23). The van der Waals surface area contributed by atoms with Crippen molar-refractivity contribution in [1.29, 1.82) is 0 Å². The maximum absolute atomic E-state index is 12.0. The zero-order valence-electron chi connectivity index (χ0n) is 14.4. The molecule has 3 aromatic rings. The number of benzene rings is 1. The summed E-state index contributed by atoms with van der Waals surface area (Å²) < 4.78 is 5.36. The van der Waals surface area contributed by atoms with Crippen LogP contribution in [0, 0.1) is 6.92 Å². The first-order valence-corrected chi connectivity index (χ1v) is 8.95. The Bertz CT molecular complexity index is 871. The molecule has 0 saturated heterocycles. The predicted octanol–water partition coefficient (Wildman–Crippen LogP) is 4.69. The van der Waals surface area contributed by atoms with Gasteiger partial charge in [-0.1, -0.05) is 24.2 Å². The van der Waals surface area contributed by atoms with Crippen molar-refractivity contribution in [2.45, 2.75) is 33.2 Å². The molecule has 1 aromatic carbocycles. The molecule has 2 aromatic heterocycles. The average Bonchev–Trinajstić information content (AvgIpc) is 3.23. The molecule has 130 valence electrons. The molecule has 25 heavy (non-hydrogen) atoms. The Labute approximate surface area is 150 Å². The molecule has 7 heteroatoms. The quantitative estimate of drug-likeness (QED) is 0.695.